The number of nitrogens with one attached hydrogen (secondary N) is 1. The van der Waals surface area contributed by atoms with Crippen LogP contribution in [0, 0.1) is 0 Å². The van der Waals surface area contributed by atoms with Gasteiger partial charge in [0.2, 0.25) is 5.91 Å². The third kappa shape index (κ3) is 3.56. The number of fused-ring (bicyclic) bond motifs is 1. The summed E-state index contributed by atoms with van der Waals surface area (Å²) in [5.41, 5.74) is 1.27. The molecule has 2 amide bonds. The molecule has 0 saturated heterocycles. The van der Waals surface area contributed by atoms with E-state index in [-0.39, 0.29) is 29.3 Å². The number of nitrogens with zero attached hydrogens (tertiary/aromatic N) is 1. The van der Waals surface area contributed by atoms with Crippen LogP contribution in [-0.2, 0) is 21.2 Å². The van der Waals surface area contributed by atoms with Gasteiger partial charge in [0, 0.05) is 19.5 Å². The van der Waals surface area contributed by atoms with Gasteiger partial charge in [-0.1, -0.05) is 42.5 Å². The zero-order valence-electron chi connectivity index (χ0n) is 13.5. The first kappa shape index (κ1) is 17.2. The monoisotopic (exact) mass is 358 g/mol. The summed E-state index contributed by atoms with van der Waals surface area (Å²) >= 11 is 0. The molecule has 1 heterocycles. The Morgan fingerprint density at radius 2 is 1.68 bits per heavy atom. The van der Waals surface area contributed by atoms with Crippen LogP contribution < -0.4 is 5.32 Å². The first-order chi connectivity index (χ1) is 12.0. The Labute approximate surface area is 146 Å². The molecule has 1 N–H and O–H groups in total. The lowest BCUT2D eigenvalue weighted by molar-refractivity contribution is -0.121. The van der Waals surface area contributed by atoms with Crippen molar-refractivity contribution in [2.45, 2.75) is 17.7 Å². The van der Waals surface area contributed by atoms with E-state index in [4.69, 9.17) is 0 Å². The summed E-state index contributed by atoms with van der Waals surface area (Å²) in [5.74, 6) is -0.859. The molecule has 2 aromatic carbocycles. The fourth-order valence-corrected chi connectivity index (χ4v) is 4.30. The standard InChI is InChI=1S/C18H18N2O4S/c21-17(19-12-10-14-6-2-1-3-7-14)11-13-20-18(22)15-8-4-5-9-16(15)25(20,23)24/h1-9H,10-13H2,(H,19,21). The van der Waals surface area contributed by atoms with Gasteiger partial charge in [0.15, 0.2) is 0 Å². The smallest absolute Gasteiger partial charge is 0.269 e. The number of carbonyl (C=O) groups excluding carboxylic acids is 2. The highest BCUT2D eigenvalue weighted by atomic mass is 32.2. The van der Waals surface area contributed by atoms with Crippen LogP contribution in [0.5, 0.6) is 0 Å². The Hall–Kier alpha value is -2.67. The maximum Gasteiger partial charge on any atom is 0.269 e. The molecular weight excluding hydrogens is 340 g/mol. The molecule has 0 unspecified atom stereocenters. The first-order valence-corrected chi connectivity index (χ1v) is 9.41. The van der Waals surface area contributed by atoms with Crippen LogP contribution in [0.25, 0.3) is 0 Å². The highest BCUT2D eigenvalue weighted by Crippen LogP contribution is 2.29. The molecular formula is C18H18N2O4S. The first-order valence-electron chi connectivity index (χ1n) is 7.97. The van der Waals surface area contributed by atoms with Crippen molar-refractivity contribution in [3.63, 3.8) is 0 Å². The zero-order valence-corrected chi connectivity index (χ0v) is 14.3. The van der Waals surface area contributed by atoms with Gasteiger partial charge in [-0.05, 0) is 24.1 Å². The molecule has 130 valence electrons. The molecule has 0 bridgehead atoms. The van der Waals surface area contributed by atoms with Crippen molar-refractivity contribution < 1.29 is 18.0 Å². The van der Waals surface area contributed by atoms with Gasteiger partial charge in [-0.25, -0.2) is 12.7 Å². The van der Waals surface area contributed by atoms with Gasteiger partial charge in [-0.3, -0.25) is 9.59 Å². The molecule has 1 aliphatic heterocycles. The summed E-state index contributed by atoms with van der Waals surface area (Å²) in [4.78, 5) is 24.2. The minimum absolute atomic E-state index is 0.00415. The molecule has 7 heteroatoms. The van der Waals surface area contributed by atoms with Crippen LogP contribution in [0.15, 0.2) is 59.5 Å². The van der Waals surface area contributed by atoms with Crippen LogP contribution in [0.3, 0.4) is 0 Å². The highest BCUT2D eigenvalue weighted by Gasteiger charge is 2.40. The van der Waals surface area contributed by atoms with Gasteiger partial charge in [0.1, 0.15) is 4.90 Å². The van der Waals surface area contributed by atoms with E-state index < -0.39 is 15.9 Å². The minimum atomic E-state index is -3.85. The van der Waals surface area contributed by atoms with Crippen molar-refractivity contribution in [3.05, 3.63) is 65.7 Å². The molecule has 0 spiro atoms. The molecule has 0 atom stereocenters. The van der Waals surface area contributed by atoms with Crippen molar-refractivity contribution in [1.82, 2.24) is 9.62 Å². The number of amides is 2. The van der Waals surface area contributed by atoms with Crippen molar-refractivity contribution in [1.29, 1.82) is 0 Å². The quantitative estimate of drug-likeness (QED) is 0.850. The summed E-state index contributed by atoms with van der Waals surface area (Å²) < 4.78 is 25.5. The number of hydrogen-bond donors (Lipinski definition) is 1. The topological polar surface area (TPSA) is 83.6 Å². The van der Waals surface area contributed by atoms with Gasteiger partial charge >= 0.3 is 0 Å². The summed E-state index contributed by atoms with van der Waals surface area (Å²) in [6.07, 6.45) is 0.632. The molecule has 0 saturated carbocycles. The van der Waals surface area contributed by atoms with Gasteiger partial charge < -0.3 is 5.32 Å². The van der Waals surface area contributed by atoms with Crippen LogP contribution in [0.4, 0.5) is 0 Å². The van der Waals surface area contributed by atoms with Crippen molar-refractivity contribution in [2.24, 2.45) is 0 Å². The van der Waals surface area contributed by atoms with E-state index in [0.717, 1.165) is 9.87 Å². The van der Waals surface area contributed by atoms with Gasteiger partial charge in [0.25, 0.3) is 15.9 Å². The Balaban J connectivity index is 1.54. The lowest BCUT2D eigenvalue weighted by Crippen LogP contribution is -2.35. The SMILES string of the molecule is O=C(CCN1C(=O)c2ccccc2S1(=O)=O)NCCc1ccccc1. The minimum Gasteiger partial charge on any atom is -0.356 e. The van der Waals surface area contributed by atoms with Crippen LogP contribution >= 0.6 is 0 Å². The Bertz CT molecular complexity index is 894. The fraction of sp³-hybridized carbons (Fsp3) is 0.222. The summed E-state index contributed by atoms with van der Waals surface area (Å²) in [6, 6.07) is 15.8. The van der Waals surface area contributed by atoms with E-state index in [2.05, 4.69) is 5.32 Å². The number of hydrogen-bond acceptors (Lipinski definition) is 4. The number of sulfonamides is 1. The van der Waals surface area contributed by atoms with Crippen molar-refractivity contribution in [2.75, 3.05) is 13.1 Å². The van der Waals surface area contributed by atoms with E-state index in [1.165, 1.54) is 12.1 Å². The molecule has 6 nitrogen and oxygen atoms in total. The summed E-state index contributed by atoms with van der Waals surface area (Å²) in [5, 5.41) is 2.75. The van der Waals surface area contributed by atoms with Gasteiger partial charge in [-0.15, -0.1) is 0 Å². The molecule has 0 aromatic heterocycles. The molecule has 0 aliphatic carbocycles. The second kappa shape index (κ2) is 7.06. The Morgan fingerprint density at radius 3 is 2.40 bits per heavy atom. The largest absolute Gasteiger partial charge is 0.356 e. The lowest BCUT2D eigenvalue weighted by Gasteiger charge is -2.14. The zero-order chi connectivity index (χ0) is 17.9. The predicted octanol–water partition coefficient (Wildman–Crippen LogP) is 1.58. The van der Waals surface area contributed by atoms with Gasteiger partial charge in [0.05, 0.1) is 5.56 Å². The number of rotatable bonds is 6. The fourth-order valence-electron chi connectivity index (χ4n) is 2.73. The summed E-state index contributed by atoms with van der Waals surface area (Å²) in [7, 11) is -3.85. The maximum absolute atomic E-state index is 12.4. The third-order valence-corrected chi connectivity index (χ3v) is 5.87. The molecule has 0 fully saturated rings. The molecule has 3 rings (SSSR count). The van der Waals surface area contributed by atoms with E-state index in [9.17, 15) is 18.0 Å². The predicted molar refractivity (Wildman–Crippen MR) is 92.4 cm³/mol. The second-order valence-electron chi connectivity index (χ2n) is 5.71. The molecule has 0 radical (unpaired) electrons. The molecule has 25 heavy (non-hydrogen) atoms. The Kier molecular flexibility index (Phi) is 4.85. The van der Waals surface area contributed by atoms with Crippen molar-refractivity contribution in [3.8, 4) is 0 Å². The van der Waals surface area contributed by atoms with E-state index in [0.29, 0.717) is 13.0 Å². The number of benzene rings is 2. The summed E-state index contributed by atoms with van der Waals surface area (Å²) in [6.45, 7) is 0.302. The lowest BCUT2D eigenvalue weighted by atomic mass is 10.1. The van der Waals surface area contributed by atoms with E-state index in [1.807, 2.05) is 30.3 Å². The van der Waals surface area contributed by atoms with Crippen LogP contribution in [-0.4, -0.2) is 37.6 Å². The third-order valence-electron chi connectivity index (χ3n) is 4.03. The second-order valence-corrected chi connectivity index (χ2v) is 7.54. The van der Waals surface area contributed by atoms with E-state index in [1.54, 1.807) is 12.1 Å². The van der Waals surface area contributed by atoms with Crippen LogP contribution in [0.2, 0.25) is 0 Å². The van der Waals surface area contributed by atoms with E-state index >= 15 is 0 Å². The highest BCUT2D eigenvalue weighted by molar-refractivity contribution is 7.90. The maximum atomic E-state index is 12.4. The average molecular weight is 358 g/mol. The van der Waals surface area contributed by atoms with Gasteiger partial charge in [-0.2, -0.15) is 0 Å². The normalized spacial score (nSPS) is 15.0. The average Bonchev–Trinajstić information content (AvgIpc) is 2.81. The molecule has 2 aromatic rings. The van der Waals surface area contributed by atoms with Crippen LogP contribution in [0.1, 0.15) is 22.3 Å². The number of carbonyl (C=O) groups is 2. The molecule has 1 aliphatic rings. The van der Waals surface area contributed by atoms with Crippen molar-refractivity contribution >= 4 is 21.8 Å². The Morgan fingerprint density at radius 1 is 1.00 bits per heavy atom.